The Morgan fingerprint density at radius 3 is 2.50 bits per heavy atom. The van der Waals surface area contributed by atoms with E-state index in [1.807, 2.05) is 13.2 Å². The molecule has 4 nitrogen and oxygen atoms in total. The summed E-state index contributed by atoms with van der Waals surface area (Å²) in [6, 6.07) is 0.245. The average Bonchev–Trinajstić information content (AvgIpc) is 2.38. The molecule has 0 bridgehead atoms. The Kier molecular flexibility index (Phi) is 1.33. The molecule has 1 fully saturated rings. The Balaban J connectivity index is 2.24. The van der Waals surface area contributed by atoms with Crippen molar-refractivity contribution in [2.45, 2.75) is 25.8 Å². The quantitative estimate of drug-likeness (QED) is 0.651. The summed E-state index contributed by atoms with van der Waals surface area (Å²) in [5, 5.41) is 7.95. The third kappa shape index (κ3) is 0.876. The Labute approximate surface area is 71.8 Å². The van der Waals surface area contributed by atoms with Crippen LogP contribution in [-0.4, -0.2) is 21.0 Å². The third-order valence-electron chi connectivity index (χ3n) is 2.85. The van der Waals surface area contributed by atoms with Crippen molar-refractivity contribution in [3.8, 4) is 0 Å². The van der Waals surface area contributed by atoms with E-state index in [1.54, 1.807) is 4.68 Å². The van der Waals surface area contributed by atoms with Gasteiger partial charge >= 0.3 is 0 Å². The molecule has 1 aromatic heterocycles. The molecule has 0 unspecified atom stereocenters. The van der Waals surface area contributed by atoms with E-state index in [0.29, 0.717) is 5.92 Å². The lowest BCUT2D eigenvalue weighted by Crippen LogP contribution is -2.06. The third-order valence-corrected chi connectivity index (χ3v) is 2.85. The number of nitrogens with two attached hydrogens (primary N) is 1. The molecular formula is C8H14N4. The first-order valence-electron chi connectivity index (χ1n) is 4.15. The maximum atomic E-state index is 5.91. The highest BCUT2D eigenvalue weighted by atomic mass is 15.4. The van der Waals surface area contributed by atoms with Crippen molar-refractivity contribution in [2.24, 2.45) is 18.2 Å². The van der Waals surface area contributed by atoms with Gasteiger partial charge < -0.3 is 5.73 Å². The normalized spacial score (nSPS) is 32.0. The molecule has 66 valence electrons. The van der Waals surface area contributed by atoms with Gasteiger partial charge in [0.25, 0.3) is 0 Å². The second-order valence-corrected chi connectivity index (χ2v) is 4.14. The fraction of sp³-hybridized carbons (Fsp3) is 0.750. The van der Waals surface area contributed by atoms with Crippen LogP contribution in [-0.2, 0) is 7.05 Å². The van der Waals surface area contributed by atoms with Gasteiger partial charge in [-0.15, -0.1) is 5.10 Å². The van der Waals surface area contributed by atoms with E-state index < -0.39 is 0 Å². The van der Waals surface area contributed by atoms with Crippen molar-refractivity contribution < 1.29 is 0 Å². The molecule has 0 aliphatic heterocycles. The van der Waals surface area contributed by atoms with Gasteiger partial charge in [-0.25, -0.2) is 0 Å². The highest BCUT2D eigenvalue weighted by Crippen LogP contribution is 2.56. The van der Waals surface area contributed by atoms with Crippen LogP contribution in [0.4, 0.5) is 0 Å². The number of hydrogen-bond acceptors (Lipinski definition) is 3. The summed E-state index contributed by atoms with van der Waals surface area (Å²) in [6.07, 6.45) is 1.94. The second-order valence-electron chi connectivity index (χ2n) is 4.14. The molecule has 12 heavy (non-hydrogen) atoms. The van der Waals surface area contributed by atoms with Crippen LogP contribution in [0.15, 0.2) is 6.20 Å². The summed E-state index contributed by atoms with van der Waals surface area (Å²) in [6.45, 7) is 4.33. The SMILES string of the molecule is Cn1cc([C@H]2[C@H](N)C2(C)C)nn1. The van der Waals surface area contributed by atoms with Crippen molar-refractivity contribution in [2.75, 3.05) is 0 Å². The van der Waals surface area contributed by atoms with Crippen LogP contribution in [0.25, 0.3) is 0 Å². The predicted octanol–water partition coefficient (Wildman–Crippen LogP) is 0.266. The number of rotatable bonds is 1. The van der Waals surface area contributed by atoms with Crippen LogP contribution in [0.5, 0.6) is 0 Å². The highest BCUT2D eigenvalue weighted by molar-refractivity contribution is 5.26. The van der Waals surface area contributed by atoms with Crippen LogP contribution in [0.3, 0.4) is 0 Å². The summed E-state index contributed by atoms with van der Waals surface area (Å²) in [7, 11) is 1.87. The molecule has 1 aliphatic rings. The van der Waals surface area contributed by atoms with Crippen LogP contribution in [0.2, 0.25) is 0 Å². The van der Waals surface area contributed by atoms with E-state index in [9.17, 15) is 0 Å². The lowest BCUT2D eigenvalue weighted by atomic mass is 10.1. The van der Waals surface area contributed by atoms with Gasteiger partial charge in [-0.2, -0.15) is 0 Å². The van der Waals surface area contributed by atoms with Gasteiger partial charge in [-0.3, -0.25) is 4.68 Å². The predicted molar refractivity (Wildman–Crippen MR) is 45.5 cm³/mol. The van der Waals surface area contributed by atoms with E-state index in [4.69, 9.17) is 5.73 Å². The van der Waals surface area contributed by atoms with Crippen LogP contribution in [0, 0.1) is 5.41 Å². The van der Waals surface area contributed by atoms with Crippen LogP contribution in [0.1, 0.15) is 25.5 Å². The van der Waals surface area contributed by atoms with Crippen molar-refractivity contribution in [1.29, 1.82) is 0 Å². The van der Waals surface area contributed by atoms with Gasteiger partial charge in [0.15, 0.2) is 0 Å². The van der Waals surface area contributed by atoms with Gasteiger partial charge in [-0.1, -0.05) is 19.1 Å². The molecule has 2 rings (SSSR count). The minimum Gasteiger partial charge on any atom is -0.327 e. The molecule has 1 aliphatic carbocycles. The van der Waals surface area contributed by atoms with Crippen LogP contribution >= 0.6 is 0 Å². The van der Waals surface area contributed by atoms with E-state index in [1.165, 1.54) is 0 Å². The van der Waals surface area contributed by atoms with Gasteiger partial charge in [0, 0.05) is 25.2 Å². The molecule has 4 heteroatoms. The Morgan fingerprint density at radius 2 is 2.17 bits per heavy atom. The lowest BCUT2D eigenvalue weighted by Gasteiger charge is -1.96. The Morgan fingerprint density at radius 1 is 1.58 bits per heavy atom. The zero-order valence-corrected chi connectivity index (χ0v) is 7.65. The van der Waals surface area contributed by atoms with Crippen molar-refractivity contribution in [1.82, 2.24) is 15.0 Å². The number of aryl methyl sites for hydroxylation is 1. The Bertz CT molecular complexity index is 302. The molecule has 1 aromatic rings. The van der Waals surface area contributed by atoms with Crippen molar-refractivity contribution in [3.05, 3.63) is 11.9 Å². The fourth-order valence-corrected chi connectivity index (χ4v) is 1.75. The van der Waals surface area contributed by atoms with Gasteiger partial charge in [0.1, 0.15) is 0 Å². The maximum Gasteiger partial charge on any atom is 0.0879 e. The Hall–Kier alpha value is -0.900. The summed E-state index contributed by atoms with van der Waals surface area (Å²) in [5.74, 6) is 0.395. The summed E-state index contributed by atoms with van der Waals surface area (Å²) in [4.78, 5) is 0. The first kappa shape index (κ1) is 7.73. The van der Waals surface area contributed by atoms with Gasteiger partial charge in [-0.05, 0) is 5.41 Å². The highest BCUT2D eigenvalue weighted by Gasteiger charge is 2.57. The van der Waals surface area contributed by atoms with Crippen molar-refractivity contribution >= 4 is 0 Å². The molecule has 0 radical (unpaired) electrons. The van der Waals surface area contributed by atoms with E-state index in [0.717, 1.165) is 5.69 Å². The number of hydrogen-bond donors (Lipinski definition) is 1. The maximum absolute atomic E-state index is 5.91. The van der Waals surface area contributed by atoms with Crippen molar-refractivity contribution in [3.63, 3.8) is 0 Å². The second kappa shape index (κ2) is 2.07. The summed E-state index contributed by atoms with van der Waals surface area (Å²) in [5.41, 5.74) is 7.14. The van der Waals surface area contributed by atoms with E-state index in [-0.39, 0.29) is 11.5 Å². The molecule has 1 saturated carbocycles. The zero-order valence-electron chi connectivity index (χ0n) is 7.65. The number of nitrogens with zero attached hydrogens (tertiary/aromatic N) is 3. The van der Waals surface area contributed by atoms with E-state index >= 15 is 0 Å². The van der Waals surface area contributed by atoms with Gasteiger partial charge in [0.05, 0.1) is 5.69 Å². The lowest BCUT2D eigenvalue weighted by molar-refractivity contribution is 0.595. The number of aromatic nitrogens is 3. The molecule has 0 saturated heterocycles. The minimum atomic E-state index is 0.204. The monoisotopic (exact) mass is 166 g/mol. The molecule has 2 atom stereocenters. The topological polar surface area (TPSA) is 56.7 Å². The zero-order chi connectivity index (χ0) is 8.93. The summed E-state index contributed by atoms with van der Waals surface area (Å²) < 4.78 is 1.72. The largest absolute Gasteiger partial charge is 0.327 e. The molecule has 0 aromatic carbocycles. The standard InChI is InChI=1S/C8H14N4/c1-8(2)6(7(8)9)5-4-12(3)11-10-5/h4,6-7H,9H2,1-3H3/t6-,7-/m0/s1. The van der Waals surface area contributed by atoms with Crippen LogP contribution < -0.4 is 5.73 Å². The molecule has 0 spiro atoms. The molecule has 0 amide bonds. The minimum absolute atomic E-state index is 0.204. The molecule has 1 heterocycles. The first-order chi connectivity index (χ1) is 5.53. The fourth-order valence-electron chi connectivity index (χ4n) is 1.75. The average molecular weight is 166 g/mol. The van der Waals surface area contributed by atoms with E-state index in [2.05, 4.69) is 24.2 Å². The van der Waals surface area contributed by atoms with Gasteiger partial charge in [0.2, 0.25) is 0 Å². The summed E-state index contributed by atoms with van der Waals surface area (Å²) >= 11 is 0. The smallest absolute Gasteiger partial charge is 0.0879 e. The molecular weight excluding hydrogens is 152 g/mol. The first-order valence-corrected chi connectivity index (χ1v) is 4.15. The molecule has 2 N–H and O–H groups in total.